The van der Waals surface area contributed by atoms with Gasteiger partial charge in [-0.25, -0.2) is 9.97 Å². The zero-order valence-corrected chi connectivity index (χ0v) is 21.1. The molecule has 186 valence electrons. The number of pyridine rings is 1. The molecule has 0 bridgehead atoms. The van der Waals surface area contributed by atoms with E-state index < -0.39 is 11.9 Å². The molecule has 0 saturated carbocycles. The summed E-state index contributed by atoms with van der Waals surface area (Å²) in [4.78, 5) is 25.8. The average Bonchev–Trinajstić information content (AvgIpc) is 3.24. The van der Waals surface area contributed by atoms with Crippen LogP contribution in [-0.4, -0.2) is 34.1 Å². The second kappa shape index (κ2) is 11.5. The molecule has 2 N–H and O–H groups in total. The monoisotopic (exact) mass is 535 g/mol. The molecule has 6 nitrogen and oxygen atoms in total. The van der Waals surface area contributed by atoms with E-state index in [0.717, 1.165) is 59.3 Å². The van der Waals surface area contributed by atoms with E-state index in [1.165, 1.54) is 11.3 Å². The molecule has 0 aliphatic carbocycles. The van der Waals surface area contributed by atoms with Crippen LogP contribution in [0.3, 0.4) is 0 Å². The van der Waals surface area contributed by atoms with Gasteiger partial charge in [0.25, 0.3) is 5.56 Å². The Bertz CT molecular complexity index is 1160. The molecule has 0 unspecified atom stereocenters. The number of halogens is 5. The lowest BCUT2D eigenvalue weighted by Gasteiger charge is -2.33. The number of anilines is 2. The predicted octanol–water partition coefficient (Wildman–Crippen LogP) is 5.52. The number of piperidine rings is 1. The van der Waals surface area contributed by atoms with E-state index in [9.17, 15) is 18.0 Å². The van der Waals surface area contributed by atoms with Gasteiger partial charge in [-0.15, -0.1) is 36.2 Å². The fourth-order valence-electron chi connectivity index (χ4n) is 3.92. The van der Waals surface area contributed by atoms with E-state index in [-0.39, 0.29) is 42.4 Å². The van der Waals surface area contributed by atoms with Crippen LogP contribution in [0, 0.1) is 6.92 Å². The maximum Gasteiger partial charge on any atom is 0.433 e. The quantitative estimate of drug-likeness (QED) is 0.450. The summed E-state index contributed by atoms with van der Waals surface area (Å²) in [6.07, 6.45) is -1.23. The zero-order chi connectivity index (χ0) is 22.9. The van der Waals surface area contributed by atoms with E-state index in [1.54, 1.807) is 0 Å². The number of hydrogen-bond acceptors (Lipinski definition) is 6. The van der Waals surface area contributed by atoms with Gasteiger partial charge in [0.05, 0.1) is 5.00 Å². The van der Waals surface area contributed by atoms with Crippen LogP contribution >= 0.6 is 36.2 Å². The lowest BCUT2D eigenvalue weighted by atomic mass is 10.1. The van der Waals surface area contributed by atoms with E-state index >= 15 is 0 Å². The molecule has 3 aromatic heterocycles. The highest BCUT2D eigenvalue weighted by molar-refractivity contribution is 7.19. The van der Waals surface area contributed by atoms with E-state index in [1.807, 2.05) is 36.9 Å². The minimum absolute atomic E-state index is 0. The van der Waals surface area contributed by atoms with Crippen molar-refractivity contribution in [1.29, 1.82) is 0 Å². The molecular formula is C22H26Cl2F3N5OS. The summed E-state index contributed by atoms with van der Waals surface area (Å²) in [5.41, 5.74) is 1.30. The summed E-state index contributed by atoms with van der Waals surface area (Å²) in [6, 6.07) is 6.58. The number of thiophene rings is 1. The lowest BCUT2D eigenvalue weighted by molar-refractivity contribution is -0.141. The summed E-state index contributed by atoms with van der Waals surface area (Å²) in [7, 11) is 0. The number of H-pyrrole nitrogens is 1. The third-order valence-electron chi connectivity index (χ3n) is 5.61. The predicted molar refractivity (Wildman–Crippen MR) is 134 cm³/mol. The minimum atomic E-state index is -4.54. The normalized spacial score (nSPS) is 14.3. The number of rotatable bonds is 5. The van der Waals surface area contributed by atoms with Crippen molar-refractivity contribution >= 4 is 47.1 Å². The van der Waals surface area contributed by atoms with E-state index in [2.05, 4.69) is 20.3 Å². The first kappa shape index (κ1) is 28.1. The van der Waals surface area contributed by atoms with Crippen LogP contribution in [0.1, 0.15) is 36.7 Å². The third-order valence-corrected chi connectivity index (χ3v) is 6.73. The molecule has 0 aromatic carbocycles. The summed E-state index contributed by atoms with van der Waals surface area (Å²) in [5.74, 6) is 0.0487. The molecule has 3 aromatic rings. The molecule has 1 saturated heterocycles. The third kappa shape index (κ3) is 5.91. The highest BCUT2D eigenvalue weighted by Crippen LogP contribution is 2.40. The number of nitrogens with one attached hydrogen (secondary N) is 2. The van der Waals surface area contributed by atoms with Gasteiger partial charge in [0.1, 0.15) is 5.69 Å². The molecule has 1 fully saturated rings. The molecule has 0 spiro atoms. The molecule has 34 heavy (non-hydrogen) atoms. The first-order valence-corrected chi connectivity index (χ1v) is 11.3. The highest BCUT2D eigenvalue weighted by atomic mass is 35.5. The second-order valence-electron chi connectivity index (χ2n) is 7.74. The van der Waals surface area contributed by atoms with Gasteiger partial charge in [-0.3, -0.25) is 9.69 Å². The van der Waals surface area contributed by atoms with E-state index in [4.69, 9.17) is 0 Å². The second-order valence-corrected chi connectivity index (χ2v) is 8.81. The van der Waals surface area contributed by atoms with Gasteiger partial charge in [0, 0.05) is 33.9 Å². The first-order valence-electron chi connectivity index (χ1n) is 10.5. The fraction of sp³-hybridized carbons (Fsp3) is 0.409. The molecule has 4 rings (SSSR count). The van der Waals surface area contributed by atoms with Crippen molar-refractivity contribution in [2.45, 2.75) is 45.3 Å². The van der Waals surface area contributed by atoms with Gasteiger partial charge >= 0.3 is 6.18 Å². The topological polar surface area (TPSA) is 73.9 Å². The van der Waals surface area contributed by atoms with Crippen LogP contribution in [0.15, 0.2) is 35.3 Å². The highest BCUT2D eigenvalue weighted by Gasteiger charge is 2.34. The Balaban J connectivity index is 0.00000204. The first-order chi connectivity index (χ1) is 15.3. The van der Waals surface area contributed by atoms with Crippen molar-refractivity contribution in [2.75, 3.05) is 18.0 Å². The Kier molecular flexibility index (Phi) is 9.53. The van der Waals surface area contributed by atoms with Crippen LogP contribution in [0.5, 0.6) is 0 Å². The molecule has 12 heteroatoms. The van der Waals surface area contributed by atoms with Crippen LogP contribution in [0.4, 0.5) is 24.1 Å². The largest absolute Gasteiger partial charge is 0.433 e. The fourth-order valence-corrected chi connectivity index (χ4v) is 5.06. The Morgan fingerprint density at radius 3 is 2.53 bits per heavy atom. The summed E-state index contributed by atoms with van der Waals surface area (Å²) in [5, 5.41) is 4.06. The number of hydrogen-bond donors (Lipinski definition) is 2. The SMILES string of the molecule is CCc1cc(-c2ccc(N(c3nccc(C(F)(F)F)n3)C3CCNCC3)s2)c(C)[nH]c1=O.Cl.Cl. The van der Waals surface area contributed by atoms with Crippen molar-refractivity contribution in [3.8, 4) is 10.4 Å². The van der Waals surface area contributed by atoms with Crippen molar-refractivity contribution in [2.24, 2.45) is 0 Å². The molecule has 1 aliphatic rings. The van der Waals surface area contributed by atoms with Gasteiger partial charge in [0.15, 0.2) is 0 Å². The number of alkyl halides is 3. The minimum Gasteiger partial charge on any atom is -0.326 e. The summed E-state index contributed by atoms with van der Waals surface area (Å²) >= 11 is 1.46. The Hall–Kier alpha value is -2.14. The molecule has 0 atom stereocenters. The summed E-state index contributed by atoms with van der Waals surface area (Å²) < 4.78 is 39.9. The molecule has 4 heterocycles. The lowest BCUT2D eigenvalue weighted by Crippen LogP contribution is -2.41. The van der Waals surface area contributed by atoms with Gasteiger partial charge in [-0.2, -0.15) is 13.2 Å². The molecule has 0 radical (unpaired) electrons. The van der Waals surface area contributed by atoms with Crippen LogP contribution in [-0.2, 0) is 12.6 Å². The number of nitrogens with zero attached hydrogens (tertiary/aromatic N) is 3. The maximum atomic E-state index is 13.3. The van der Waals surface area contributed by atoms with Crippen molar-refractivity contribution in [3.63, 3.8) is 0 Å². The van der Waals surface area contributed by atoms with Crippen LogP contribution in [0.25, 0.3) is 10.4 Å². The van der Waals surface area contributed by atoms with Gasteiger partial charge in [0.2, 0.25) is 5.95 Å². The smallest absolute Gasteiger partial charge is 0.326 e. The molecule has 1 aliphatic heterocycles. The Morgan fingerprint density at radius 2 is 1.88 bits per heavy atom. The van der Waals surface area contributed by atoms with Crippen molar-refractivity contribution in [1.82, 2.24) is 20.3 Å². The van der Waals surface area contributed by atoms with Crippen LogP contribution in [0.2, 0.25) is 0 Å². The van der Waals surface area contributed by atoms with Crippen molar-refractivity contribution in [3.05, 3.63) is 57.8 Å². The Morgan fingerprint density at radius 1 is 1.18 bits per heavy atom. The number of aromatic nitrogens is 3. The molecule has 0 amide bonds. The van der Waals surface area contributed by atoms with Crippen molar-refractivity contribution < 1.29 is 13.2 Å². The maximum absolute atomic E-state index is 13.3. The standard InChI is InChI=1S/C22H24F3N5OS.2ClH/c1-3-14-12-16(13(2)28-20(14)31)17-4-5-19(32-17)30(15-6-9-26-10-7-15)21-27-11-8-18(29-21)22(23,24)25;;/h4-5,8,11-12,15,26H,3,6-7,9-10H2,1-2H3,(H,28,31);2*1H. The number of aromatic amines is 1. The van der Waals surface area contributed by atoms with E-state index in [0.29, 0.717) is 12.0 Å². The van der Waals surface area contributed by atoms with Crippen LogP contribution < -0.4 is 15.8 Å². The summed E-state index contributed by atoms with van der Waals surface area (Å²) in [6.45, 7) is 5.32. The number of aryl methyl sites for hydroxylation is 2. The Labute approximate surface area is 211 Å². The zero-order valence-electron chi connectivity index (χ0n) is 18.6. The molecular weight excluding hydrogens is 510 g/mol. The average molecular weight is 536 g/mol. The van der Waals surface area contributed by atoms with Gasteiger partial charge in [-0.05, 0) is 63.5 Å². The van der Waals surface area contributed by atoms with Gasteiger partial charge < -0.3 is 10.3 Å². The van der Waals surface area contributed by atoms with Gasteiger partial charge in [-0.1, -0.05) is 6.92 Å².